The van der Waals surface area contributed by atoms with Crippen molar-refractivity contribution in [2.45, 2.75) is 150 Å². The Kier molecular flexibility index (Phi) is 2080. The average Bonchev–Trinajstić information content (AvgIpc) is 2.67. The molecule has 0 aliphatic heterocycles. The minimum atomic E-state index is 1.25. The van der Waals surface area contributed by atoms with Crippen LogP contribution in [0.25, 0.3) is 0 Å². The fourth-order valence-corrected chi connectivity index (χ4v) is 0. The van der Waals surface area contributed by atoms with Crippen LogP contribution in [0.4, 0.5) is 0 Å². The molecule has 0 saturated heterocycles. The zero-order chi connectivity index (χ0) is 22.8. The van der Waals surface area contributed by atoms with Gasteiger partial charge in [0.15, 0.2) is 0 Å². The Bertz CT molecular complexity index is 15.2. The largest absolute Gasteiger partial charge is 0.106 e. The smallest absolute Gasteiger partial charge is 0.0590 e. The average molecular weight is 355 g/mol. The highest BCUT2D eigenvalue weighted by Crippen LogP contribution is 1.57. The lowest BCUT2D eigenvalue weighted by molar-refractivity contribution is 1.09. The molecule has 0 spiro atoms. The summed E-state index contributed by atoms with van der Waals surface area (Å²) in [5, 5.41) is 0. The van der Waals surface area contributed by atoms with E-state index in [1.165, 1.54) is 25.7 Å². The van der Waals surface area contributed by atoms with Crippen LogP contribution in [0.5, 0.6) is 0 Å². The summed E-state index contributed by atoms with van der Waals surface area (Å²) in [5.74, 6) is 0. The summed E-state index contributed by atoms with van der Waals surface area (Å²) in [6.07, 6.45) is 5.00. The third-order valence-electron chi connectivity index (χ3n) is 0. The van der Waals surface area contributed by atoms with Crippen LogP contribution >= 0.6 is 0 Å². The van der Waals surface area contributed by atoms with Crippen molar-refractivity contribution in [2.75, 3.05) is 0 Å². The first-order chi connectivity index (χ1) is 11.7. The van der Waals surface area contributed by atoms with Crippen LogP contribution in [0.2, 0.25) is 0 Å². The van der Waals surface area contributed by atoms with Crippen molar-refractivity contribution in [2.24, 2.45) is 0 Å². The van der Waals surface area contributed by atoms with Gasteiger partial charge in [-0.15, -0.1) is 13.2 Å². The molecule has 0 bridgehead atoms. The molecule has 0 aliphatic carbocycles. The molecule has 0 atom stereocenters. The molecule has 0 aromatic rings. The van der Waals surface area contributed by atoms with Crippen LogP contribution in [0.3, 0.4) is 0 Å². The van der Waals surface area contributed by atoms with Gasteiger partial charge in [0.1, 0.15) is 0 Å². The highest BCUT2D eigenvalue weighted by molar-refractivity contribution is 4.22. The molecular weight excluding hydrogens is 288 g/mol. The first-order valence-corrected chi connectivity index (χ1v) is 11.2. The standard InChI is InChI=1S/4C3H8.5C2H6.C2H4/c4*1-3-2;6*1-2/h4*3H2,1-2H3;5*1-2H3;1-2H2. The minimum Gasteiger partial charge on any atom is -0.106 e. The second kappa shape index (κ2) is 768. The zero-order valence-corrected chi connectivity index (χ0v) is 22.2. The van der Waals surface area contributed by atoms with Crippen LogP contribution in [0.1, 0.15) is 150 Å². The highest BCUT2D eigenvalue weighted by Gasteiger charge is 1.36. The predicted molar refractivity (Wildman–Crippen MR) is 132 cm³/mol. The van der Waals surface area contributed by atoms with E-state index in [1.54, 1.807) is 0 Å². The molecular formula is C24H66. The highest BCUT2D eigenvalue weighted by atomic mass is 13.4. The summed E-state index contributed by atoms with van der Waals surface area (Å²) < 4.78 is 0. The van der Waals surface area contributed by atoms with Gasteiger partial charge in [0.05, 0.1) is 0 Å². The summed E-state index contributed by atoms with van der Waals surface area (Å²) >= 11 is 0. The van der Waals surface area contributed by atoms with Crippen LogP contribution in [-0.4, -0.2) is 0 Å². The molecule has 162 valence electrons. The molecule has 0 heterocycles. The molecule has 0 aromatic heterocycles. The lowest BCUT2D eigenvalue weighted by Gasteiger charge is -1.48. The third-order valence-corrected chi connectivity index (χ3v) is 0. The zero-order valence-electron chi connectivity index (χ0n) is 22.2. The van der Waals surface area contributed by atoms with Crippen LogP contribution in [0, 0.1) is 0 Å². The maximum absolute atomic E-state index is 3.00. The van der Waals surface area contributed by atoms with Gasteiger partial charge in [-0.3, -0.25) is 0 Å². The number of hydrogen-bond donors (Lipinski definition) is 0. The minimum absolute atomic E-state index is 1.25. The van der Waals surface area contributed by atoms with Gasteiger partial charge in [0.2, 0.25) is 0 Å². The van der Waals surface area contributed by atoms with E-state index in [2.05, 4.69) is 68.5 Å². The Labute approximate surface area is 163 Å². The molecule has 0 nitrogen and oxygen atoms in total. The molecule has 24 heavy (non-hydrogen) atoms. The lowest BCUT2D eigenvalue weighted by Crippen LogP contribution is -1.27. The van der Waals surface area contributed by atoms with Crippen molar-refractivity contribution in [3.63, 3.8) is 0 Å². The second-order valence-corrected chi connectivity index (χ2v) is 2.83. The van der Waals surface area contributed by atoms with Gasteiger partial charge in [-0.05, 0) is 0 Å². The summed E-state index contributed by atoms with van der Waals surface area (Å²) in [5.41, 5.74) is 0. The molecule has 0 radical (unpaired) electrons. The van der Waals surface area contributed by atoms with Gasteiger partial charge in [-0.2, -0.15) is 0 Å². The topological polar surface area (TPSA) is 0 Å². The lowest BCUT2D eigenvalue weighted by atomic mass is 10.6. The second-order valence-electron chi connectivity index (χ2n) is 2.83. The van der Waals surface area contributed by atoms with Gasteiger partial charge in [-0.1, -0.05) is 150 Å². The summed E-state index contributed by atoms with van der Waals surface area (Å²) in [6, 6.07) is 0. The number of rotatable bonds is 0. The quantitative estimate of drug-likeness (QED) is 0.379. The van der Waals surface area contributed by atoms with Crippen molar-refractivity contribution >= 4 is 0 Å². The van der Waals surface area contributed by atoms with Crippen molar-refractivity contribution < 1.29 is 0 Å². The van der Waals surface area contributed by atoms with Gasteiger partial charge in [0, 0.05) is 0 Å². The monoisotopic (exact) mass is 355 g/mol. The van der Waals surface area contributed by atoms with Crippen molar-refractivity contribution in [1.82, 2.24) is 0 Å². The van der Waals surface area contributed by atoms with Gasteiger partial charge in [-0.25, -0.2) is 0 Å². The summed E-state index contributed by atoms with van der Waals surface area (Å²) in [4.78, 5) is 0. The Balaban J connectivity index is -0.0000000114. The summed E-state index contributed by atoms with van der Waals surface area (Å²) in [6.45, 7) is 43.0. The van der Waals surface area contributed by atoms with E-state index >= 15 is 0 Å². The van der Waals surface area contributed by atoms with E-state index in [-0.39, 0.29) is 0 Å². The van der Waals surface area contributed by atoms with Gasteiger partial charge < -0.3 is 0 Å². The van der Waals surface area contributed by atoms with E-state index in [9.17, 15) is 0 Å². The molecule has 0 N–H and O–H groups in total. The molecule has 0 fully saturated rings. The van der Waals surface area contributed by atoms with Crippen molar-refractivity contribution in [3.05, 3.63) is 13.2 Å². The van der Waals surface area contributed by atoms with E-state index in [0.29, 0.717) is 0 Å². The molecule has 0 amide bonds. The van der Waals surface area contributed by atoms with Gasteiger partial charge in [0.25, 0.3) is 0 Å². The molecule has 0 saturated carbocycles. The number of hydrogen-bond acceptors (Lipinski definition) is 0. The van der Waals surface area contributed by atoms with Crippen LogP contribution < -0.4 is 0 Å². The van der Waals surface area contributed by atoms with E-state index in [0.717, 1.165) is 0 Å². The Hall–Kier alpha value is -0.260. The maximum atomic E-state index is 3.00. The van der Waals surface area contributed by atoms with Crippen molar-refractivity contribution in [3.8, 4) is 0 Å². The first-order valence-electron chi connectivity index (χ1n) is 11.2. The van der Waals surface area contributed by atoms with Crippen LogP contribution in [-0.2, 0) is 0 Å². The van der Waals surface area contributed by atoms with Crippen LogP contribution in [0.15, 0.2) is 13.2 Å². The van der Waals surface area contributed by atoms with E-state index in [1.807, 2.05) is 69.2 Å². The Morgan fingerprint density at radius 3 is 0.292 bits per heavy atom. The fraction of sp³-hybridized carbons (Fsp3) is 0.917. The molecule has 0 rings (SSSR count). The van der Waals surface area contributed by atoms with E-state index < -0.39 is 0 Å². The molecule has 0 aromatic carbocycles. The summed E-state index contributed by atoms with van der Waals surface area (Å²) in [7, 11) is 0. The first kappa shape index (κ1) is 65.0. The molecule has 0 aliphatic rings. The SMILES string of the molecule is C=C.CC.CC.CC.CC.CC.CCC.CCC.CCC.CCC. The van der Waals surface area contributed by atoms with Gasteiger partial charge >= 0.3 is 0 Å². The Morgan fingerprint density at radius 1 is 0.292 bits per heavy atom. The predicted octanol–water partition coefficient (Wildman–Crippen LogP) is 11.6. The Morgan fingerprint density at radius 2 is 0.292 bits per heavy atom. The maximum Gasteiger partial charge on any atom is -0.0590 e. The van der Waals surface area contributed by atoms with E-state index in [4.69, 9.17) is 0 Å². The van der Waals surface area contributed by atoms with Crippen molar-refractivity contribution in [1.29, 1.82) is 0 Å². The fourth-order valence-electron chi connectivity index (χ4n) is 0. The third kappa shape index (κ3) is 138000. The molecule has 0 heteroatoms. The normalized spacial score (nSPS) is 4.42. The molecule has 0 unspecified atom stereocenters.